The normalized spacial score (nSPS) is 11.5. The number of ether oxygens (including phenoxy) is 3. The van der Waals surface area contributed by atoms with Crippen molar-refractivity contribution in [1.29, 1.82) is 0 Å². The maximum atomic E-state index is 12.3. The summed E-state index contributed by atoms with van der Waals surface area (Å²) in [5.74, 6) is -0.442. The van der Waals surface area contributed by atoms with Gasteiger partial charge >= 0.3 is 13.6 Å². The van der Waals surface area contributed by atoms with Gasteiger partial charge in [-0.15, -0.1) is 0 Å². The highest BCUT2D eigenvalue weighted by molar-refractivity contribution is 7.53. The van der Waals surface area contributed by atoms with E-state index >= 15 is 0 Å². The topological polar surface area (TPSA) is 80.3 Å². The Morgan fingerprint density at radius 1 is 0.947 bits per heavy atom. The minimum atomic E-state index is -3.41. The first kappa shape index (κ1) is 18.5. The van der Waals surface area contributed by atoms with E-state index < -0.39 is 13.6 Å². The third-order valence-corrected chi connectivity index (χ3v) is 3.74. The summed E-state index contributed by atoms with van der Waals surface area (Å²) in [7, 11) is -3.41. The second kappa shape index (κ2) is 11.4. The molecule has 114 valence electrons. The van der Waals surface area contributed by atoms with E-state index in [1.54, 1.807) is 20.8 Å². The van der Waals surface area contributed by atoms with Crippen LogP contribution in [0.5, 0.6) is 0 Å². The quantitative estimate of drug-likeness (QED) is 0.236. The molecular weight excluding hydrogens is 275 g/mol. The predicted molar refractivity (Wildman–Crippen MR) is 68.9 cm³/mol. The summed E-state index contributed by atoms with van der Waals surface area (Å²) in [6.45, 7) is 6.12. The average Bonchev–Trinajstić information content (AvgIpc) is 2.38. The maximum Gasteiger partial charge on any atom is 0.335 e. The van der Waals surface area contributed by atoms with E-state index in [0.717, 1.165) is 0 Å². The van der Waals surface area contributed by atoms with Crippen molar-refractivity contribution in [2.75, 3.05) is 39.6 Å². The Labute approximate surface area is 114 Å². The average molecular weight is 298 g/mol. The third-order valence-electron chi connectivity index (χ3n) is 1.97. The highest BCUT2D eigenvalue weighted by Gasteiger charge is 2.26. The minimum absolute atomic E-state index is 0.0383. The summed E-state index contributed by atoms with van der Waals surface area (Å²) >= 11 is 0. The maximum absolute atomic E-state index is 12.3. The molecule has 19 heavy (non-hydrogen) atoms. The Morgan fingerprint density at radius 2 is 1.47 bits per heavy atom. The molecule has 0 aromatic rings. The molecule has 0 unspecified atom stereocenters. The van der Waals surface area contributed by atoms with Gasteiger partial charge < -0.3 is 14.2 Å². The van der Waals surface area contributed by atoms with Crippen molar-refractivity contribution < 1.29 is 32.6 Å². The monoisotopic (exact) mass is 298 g/mol. The molecule has 0 rings (SSSR count). The minimum Gasteiger partial charge on any atom is -0.466 e. The lowest BCUT2D eigenvalue weighted by atomic mass is 10.5. The molecule has 0 saturated carbocycles. The molecule has 0 aromatic heterocycles. The van der Waals surface area contributed by atoms with Gasteiger partial charge in [-0.3, -0.25) is 18.4 Å². The van der Waals surface area contributed by atoms with Gasteiger partial charge in [0.05, 0.1) is 19.2 Å². The lowest BCUT2D eigenvalue weighted by Crippen LogP contribution is -2.11. The lowest BCUT2D eigenvalue weighted by Gasteiger charge is -2.17. The Kier molecular flexibility index (Phi) is 11.1. The SMILES string of the molecule is CCOCOP(=O)(CCC(=O)OCC)OCOCC. The van der Waals surface area contributed by atoms with Crippen molar-refractivity contribution in [3.8, 4) is 0 Å². The van der Waals surface area contributed by atoms with Gasteiger partial charge in [0, 0.05) is 13.2 Å². The summed E-state index contributed by atoms with van der Waals surface area (Å²) in [6.07, 6.45) is -0.102. The van der Waals surface area contributed by atoms with Gasteiger partial charge in [0.2, 0.25) is 0 Å². The highest BCUT2D eigenvalue weighted by atomic mass is 31.2. The third kappa shape index (κ3) is 10.0. The van der Waals surface area contributed by atoms with Crippen LogP contribution < -0.4 is 0 Å². The number of esters is 1. The molecule has 0 amide bonds. The summed E-state index contributed by atoms with van der Waals surface area (Å²) in [5, 5.41) is 0. The number of rotatable bonds is 12. The molecule has 0 bridgehead atoms. The Balaban J connectivity index is 4.22. The van der Waals surface area contributed by atoms with E-state index in [0.29, 0.717) is 13.2 Å². The van der Waals surface area contributed by atoms with Gasteiger partial charge in [0.25, 0.3) is 0 Å². The van der Waals surface area contributed by atoms with Gasteiger partial charge in [-0.1, -0.05) is 0 Å². The molecule has 0 aliphatic carbocycles. The summed E-state index contributed by atoms with van der Waals surface area (Å²) in [5.41, 5.74) is 0. The van der Waals surface area contributed by atoms with Crippen molar-refractivity contribution in [1.82, 2.24) is 0 Å². The highest BCUT2D eigenvalue weighted by Crippen LogP contribution is 2.48. The predicted octanol–water partition coefficient (Wildman–Crippen LogP) is 2.15. The molecule has 0 aliphatic rings. The van der Waals surface area contributed by atoms with Crippen LogP contribution in [0.25, 0.3) is 0 Å². The van der Waals surface area contributed by atoms with Crippen LogP contribution in [-0.2, 0) is 32.6 Å². The van der Waals surface area contributed by atoms with E-state index in [9.17, 15) is 9.36 Å². The van der Waals surface area contributed by atoms with Gasteiger partial charge in [0.1, 0.15) is 0 Å². The Hall–Kier alpha value is -0.460. The van der Waals surface area contributed by atoms with Crippen molar-refractivity contribution in [2.24, 2.45) is 0 Å². The molecule has 0 radical (unpaired) electrons. The molecule has 0 aromatic carbocycles. The van der Waals surface area contributed by atoms with Crippen LogP contribution in [0.4, 0.5) is 0 Å². The first-order valence-corrected chi connectivity index (χ1v) is 8.00. The van der Waals surface area contributed by atoms with Gasteiger partial charge in [0.15, 0.2) is 13.6 Å². The van der Waals surface area contributed by atoms with E-state index in [4.69, 9.17) is 23.3 Å². The largest absolute Gasteiger partial charge is 0.466 e. The molecule has 0 N–H and O–H groups in total. The second-order valence-electron chi connectivity index (χ2n) is 3.37. The van der Waals surface area contributed by atoms with Crippen molar-refractivity contribution in [3.05, 3.63) is 0 Å². The van der Waals surface area contributed by atoms with Crippen LogP contribution in [-0.4, -0.2) is 45.5 Å². The summed E-state index contributed by atoms with van der Waals surface area (Å²) in [4.78, 5) is 11.2. The lowest BCUT2D eigenvalue weighted by molar-refractivity contribution is -0.142. The van der Waals surface area contributed by atoms with Crippen molar-refractivity contribution in [2.45, 2.75) is 27.2 Å². The summed E-state index contributed by atoms with van der Waals surface area (Å²) < 4.78 is 37.1. The molecule has 0 fully saturated rings. The van der Waals surface area contributed by atoms with Crippen LogP contribution in [0, 0.1) is 0 Å². The van der Waals surface area contributed by atoms with Crippen LogP contribution >= 0.6 is 7.60 Å². The zero-order valence-electron chi connectivity index (χ0n) is 11.8. The Morgan fingerprint density at radius 3 is 1.89 bits per heavy atom. The van der Waals surface area contributed by atoms with Crippen LogP contribution in [0.15, 0.2) is 0 Å². The smallest absolute Gasteiger partial charge is 0.335 e. The number of hydrogen-bond donors (Lipinski definition) is 0. The fourth-order valence-corrected chi connectivity index (χ4v) is 2.29. The number of hydrogen-bond acceptors (Lipinski definition) is 7. The summed E-state index contributed by atoms with van der Waals surface area (Å²) in [6, 6.07) is 0. The van der Waals surface area contributed by atoms with Crippen LogP contribution in [0.3, 0.4) is 0 Å². The van der Waals surface area contributed by atoms with Gasteiger partial charge in [-0.25, -0.2) is 0 Å². The molecule has 0 heterocycles. The number of carbonyl (C=O) groups is 1. The zero-order valence-corrected chi connectivity index (χ0v) is 12.6. The second-order valence-corrected chi connectivity index (χ2v) is 5.55. The zero-order chi connectivity index (χ0) is 14.6. The van der Waals surface area contributed by atoms with Gasteiger partial charge in [-0.2, -0.15) is 0 Å². The standard InChI is InChI=1S/C11H23O7P/c1-4-14-9-17-19(13,18-10-15-5-2)8-7-11(12)16-6-3/h4-10H2,1-3H3. The molecular formula is C11H23O7P. The van der Waals surface area contributed by atoms with E-state index in [-0.39, 0.29) is 32.8 Å². The molecule has 0 saturated heterocycles. The Bertz CT molecular complexity index is 268. The fourth-order valence-electron chi connectivity index (χ4n) is 1.03. The molecule has 8 heteroatoms. The number of carbonyl (C=O) groups excluding carboxylic acids is 1. The van der Waals surface area contributed by atoms with Gasteiger partial charge in [-0.05, 0) is 20.8 Å². The molecule has 0 atom stereocenters. The van der Waals surface area contributed by atoms with Crippen molar-refractivity contribution >= 4 is 13.6 Å². The van der Waals surface area contributed by atoms with E-state index in [1.165, 1.54) is 0 Å². The molecule has 0 spiro atoms. The van der Waals surface area contributed by atoms with E-state index in [1.807, 2.05) is 0 Å². The first-order valence-electron chi connectivity index (χ1n) is 6.27. The van der Waals surface area contributed by atoms with E-state index in [2.05, 4.69) is 0 Å². The van der Waals surface area contributed by atoms with Crippen LogP contribution in [0.2, 0.25) is 0 Å². The van der Waals surface area contributed by atoms with Crippen LogP contribution in [0.1, 0.15) is 27.2 Å². The van der Waals surface area contributed by atoms with Crippen molar-refractivity contribution in [3.63, 3.8) is 0 Å². The fraction of sp³-hybridized carbons (Fsp3) is 0.909. The molecule has 7 nitrogen and oxygen atoms in total. The first-order chi connectivity index (χ1) is 9.08. The molecule has 0 aliphatic heterocycles.